The lowest BCUT2D eigenvalue weighted by Gasteiger charge is -2.21. The molecule has 3 N–H and O–H groups in total. The van der Waals surface area contributed by atoms with Crippen LogP contribution in [-0.4, -0.2) is 31.1 Å². The smallest absolute Gasteiger partial charge is 0.237 e. The number of nitrogens with one attached hydrogen (secondary N) is 1. The number of nitrogens with zero attached hydrogens (tertiary/aromatic N) is 1. The Bertz CT molecular complexity index is 528. The Morgan fingerprint density at radius 1 is 1.50 bits per heavy atom. The lowest BCUT2D eigenvalue weighted by atomic mass is 10.0. The molecule has 1 fully saturated rings. The van der Waals surface area contributed by atoms with E-state index in [0.717, 1.165) is 18.7 Å². The van der Waals surface area contributed by atoms with Gasteiger partial charge in [0.25, 0.3) is 0 Å². The van der Waals surface area contributed by atoms with Crippen LogP contribution in [0.15, 0.2) is 18.2 Å². The molecule has 1 saturated heterocycles. The molecule has 1 heterocycles. The number of nitrogens with two attached hydrogens (primary N) is 1. The van der Waals surface area contributed by atoms with Crippen LogP contribution in [0.2, 0.25) is 5.02 Å². The Balaban J connectivity index is 0.00000242. The maximum absolute atomic E-state index is 13.5. The van der Waals surface area contributed by atoms with Crippen LogP contribution < -0.4 is 16.0 Å². The Morgan fingerprint density at radius 2 is 2.18 bits per heavy atom. The number of anilines is 1. The Hall–Kier alpha value is -1.04. The Labute approximate surface area is 141 Å². The van der Waals surface area contributed by atoms with Gasteiger partial charge in [0, 0.05) is 24.8 Å². The van der Waals surface area contributed by atoms with Crippen molar-refractivity contribution in [2.45, 2.75) is 32.4 Å². The summed E-state index contributed by atoms with van der Waals surface area (Å²) in [5.41, 5.74) is 6.61. The van der Waals surface area contributed by atoms with Gasteiger partial charge in [-0.05, 0) is 30.5 Å². The lowest BCUT2D eigenvalue weighted by Crippen LogP contribution is -2.48. The molecule has 1 aliphatic rings. The predicted octanol–water partition coefficient (Wildman–Crippen LogP) is 2.58. The Kier molecular flexibility index (Phi) is 6.91. The van der Waals surface area contributed by atoms with Crippen molar-refractivity contribution >= 4 is 35.6 Å². The highest BCUT2D eigenvalue weighted by atomic mass is 35.5. The fourth-order valence-electron chi connectivity index (χ4n) is 2.39. The summed E-state index contributed by atoms with van der Waals surface area (Å²) >= 11 is 5.68. The standard InChI is InChI=1S/C15H21ClFN3O.ClH/c1-9(2)14(18)15(21)19-10-5-6-20(8-10)11-3-4-12(16)13(17)7-11;/h3-4,7,9-10,14H,5-6,8,18H2,1-2H3,(H,19,21);1H/t10?,14-;/m0./s1. The molecule has 2 atom stereocenters. The van der Waals surface area contributed by atoms with E-state index in [9.17, 15) is 9.18 Å². The quantitative estimate of drug-likeness (QED) is 0.878. The van der Waals surface area contributed by atoms with Crippen molar-refractivity contribution in [3.05, 3.63) is 29.0 Å². The molecule has 0 radical (unpaired) electrons. The fraction of sp³-hybridized carbons (Fsp3) is 0.533. The van der Waals surface area contributed by atoms with E-state index in [-0.39, 0.29) is 35.3 Å². The molecule has 0 spiro atoms. The lowest BCUT2D eigenvalue weighted by molar-refractivity contribution is -0.123. The van der Waals surface area contributed by atoms with E-state index >= 15 is 0 Å². The molecular weight excluding hydrogens is 328 g/mol. The van der Waals surface area contributed by atoms with Gasteiger partial charge in [-0.25, -0.2) is 4.39 Å². The molecular formula is C15H22Cl2FN3O. The van der Waals surface area contributed by atoms with Gasteiger partial charge in [-0.1, -0.05) is 25.4 Å². The van der Waals surface area contributed by atoms with Gasteiger partial charge in [0.2, 0.25) is 5.91 Å². The number of benzene rings is 1. The summed E-state index contributed by atoms with van der Waals surface area (Å²) in [4.78, 5) is 14.0. The van der Waals surface area contributed by atoms with Crippen molar-refractivity contribution < 1.29 is 9.18 Å². The number of amides is 1. The van der Waals surface area contributed by atoms with Crippen molar-refractivity contribution in [1.82, 2.24) is 5.32 Å². The topological polar surface area (TPSA) is 58.4 Å². The van der Waals surface area contributed by atoms with Gasteiger partial charge in [0.15, 0.2) is 0 Å². The SMILES string of the molecule is CC(C)[C@H](N)C(=O)NC1CCN(c2ccc(Cl)c(F)c2)C1.Cl. The van der Waals surface area contributed by atoms with Crippen molar-refractivity contribution in [2.75, 3.05) is 18.0 Å². The van der Waals surface area contributed by atoms with Gasteiger partial charge in [0.05, 0.1) is 11.1 Å². The molecule has 0 saturated carbocycles. The minimum Gasteiger partial charge on any atom is -0.369 e. The van der Waals surface area contributed by atoms with E-state index in [2.05, 4.69) is 5.32 Å². The Morgan fingerprint density at radius 3 is 2.77 bits per heavy atom. The summed E-state index contributed by atoms with van der Waals surface area (Å²) in [6.07, 6.45) is 0.820. The third-order valence-corrected chi connectivity index (χ3v) is 4.13. The molecule has 4 nitrogen and oxygen atoms in total. The fourth-order valence-corrected chi connectivity index (χ4v) is 2.51. The molecule has 2 rings (SSSR count). The van der Waals surface area contributed by atoms with Gasteiger partial charge in [0.1, 0.15) is 5.82 Å². The zero-order valence-electron chi connectivity index (χ0n) is 12.7. The van der Waals surface area contributed by atoms with Crippen molar-refractivity contribution in [3.8, 4) is 0 Å². The first-order valence-corrected chi connectivity index (χ1v) is 7.52. The average Bonchev–Trinajstić information content (AvgIpc) is 2.89. The number of carbonyl (C=O) groups excluding carboxylic acids is 1. The summed E-state index contributed by atoms with van der Waals surface area (Å²) in [5, 5.41) is 3.08. The second kappa shape index (κ2) is 7.99. The molecule has 0 aliphatic carbocycles. The van der Waals surface area contributed by atoms with E-state index in [1.165, 1.54) is 6.07 Å². The second-order valence-electron chi connectivity index (χ2n) is 5.81. The third-order valence-electron chi connectivity index (χ3n) is 3.82. The summed E-state index contributed by atoms with van der Waals surface area (Å²) in [6.45, 7) is 5.25. The average molecular weight is 350 g/mol. The molecule has 1 aromatic rings. The molecule has 1 unspecified atom stereocenters. The van der Waals surface area contributed by atoms with E-state index in [1.807, 2.05) is 18.7 Å². The number of rotatable bonds is 4. The number of hydrogen-bond donors (Lipinski definition) is 2. The first-order valence-electron chi connectivity index (χ1n) is 7.14. The minimum absolute atomic E-state index is 0. The molecule has 22 heavy (non-hydrogen) atoms. The van der Waals surface area contributed by atoms with E-state index in [4.69, 9.17) is 17.3 Å². The minimum atomic E-state index is -0.493. The monoisotopic (exact) mass is 349 g/mol. The molecule has 124 valence electrons. The van der Waals surface area contributed by atoms with E-state index in [0.29, 0.717) is 6.54 Å². The van der Waals surface area contributed by atoms with Gasteiger partial charge < -0.3 is 16.0 Å². The van der Waals surface area contributed by atoms with Gasteiger partial charge in [-0.2, -0.15) is 0 Å². The van der Waals surface area contributed by atoms with Crippen LogP contribution in [0.1, 0.15) is 20.3 Å². The van der Waals surface area contributed by atoms with Crippen molar-refractivity contribution in [2.24, 2.45) is 11.7 Å². The van der Waals surface area contributed by atoms with Gasteiger partial charge in [-0.3, -0.25) is 4.79 Å². The highest BCUT2D eigenvalue weighted by Gasteiger charge is 2.27. The van der Waals surface area contributed by atoms with Gasteiger partial charge in [-0.15, -0.1) is 12.4 Å². The van der Waals surface area contributed by atoms with Crippen LogP contribution in [-0.2, 0) is 4.79 Å². The number of halogens is 3. The zero-order valence-corrected chi connectivity index (χ0v) is 14.3. The molecule has 0 aromatic heterocycles. The van der Waals surface area contributed by atoms with Crippen molar-refractivity contribution in [1.29, 1.82) is 0 Å². The largest absolute Gasteiger partial charge is 0.369 e. The summed E-state index contributed by atoms with van der Waals surface area (Å²) in [5.74, 6) is -0.449. The molecule has 1 aliphatic heterocycles. The maximum Gasteiger partial charge on any atom is 0.237 e. The van der Waals surface area contributed by atoms with Crippen LogP contribution >= 0.6 is 24.0 Å². The molecule has 1 aromatic carbocycles. The molecule has 1 amide bonds. The van der Waals surface area contributed by atoms with Gasteiger partial charge >= 0.3 is 0 Å². The summed E-state index contributed by atoms with van der Waals surface area (Å²) in [6, 6.07) is 4.31. The summed E-state index contributed by atoms with van der Waals surface area (Å²) < 4.78 is 13.5. The van der Waals surface area contributed by atoms with Crippen LogP contribution in [0, 0.1) is 11.7 Å². The number of hydrogen-bond acceptors (Lipinski definition) is 3. The van der Waals surface area contributed by atoms with Crippen LogP contribution in [0.25, 0.3) is 0 Å². The third kappa shape index (κ3) is 4.48. The highest BCUT2D eigenvalue weighted by molar-refractivity contribution is 6.30. The summed E-state index contributed by atoms with van der Waals surface area (Å²) in [7, 11) is 0. The van der Waals surface area contributed by atoms with Crippen LogP contribution in [0.5, 0.6) is 0 Å². The zero-order chi connectivity index (χ0) is 15.6. The maximum atomic E-state index is 13.5. The number of carbonyl (C=O) groups is 1. The van der Waals surface area contributed by atoms with Crippen molar-refractivity contribution in [3.63, 3.8) is 0 Å². The van der Waals surface area contributed by atoms with E-state index < -0.39 is 11.9 Å². The van der Waals surface area contributed by atoms with E-state index in [1.54, 1.807) is 12.1 Å². The predicted molar refractivity (Wildman–Crippen MR) is 90.2 cm³/mol. The first-order chi connectivity index (χ1) is 9.88. The first kappa shape index (κ1) is 19.0. The second-order valence-corrected chi connectivity index (χ2v) is 6.22. The van der Waals surface area contributed by atoms with Crippen LogP contribution in [0.3, 0.4) is 0 Å². The van der Waals surface area contributed by atoms with Crippen LogP contribution in [0.4, 0.5) is 10.1 Å². The molecule has 7 heteroatoms. The molecule has 0 bridgehead atoms. The highest BCUT2D eigenvalue weighted by Crippen LogP contribution is 2.25. The normalized spacial score (nSPS) is 19.0.